The Morgan fingerprint density at radius 3 is 2.69 bits per heavy atom. The first kappa shape index (κ1) is 18.7. The highest BCUT2D eigenvalue weighted by atomic mass is 16.5. The van der Waals surface area contributed by atoms with Crippen LogP contribution in [0.4, 0.5) is 5.69 Å². The van der Waals surface area contributed by atoms with Gasteiger partial charge in [-0.2, -0.15) is 5.10 Å². The summed E-state index contributed by atoms with van der Waals surface area (Å²) >= 11 is 0. The Balaban J connectivity index is 1.90. The van der Waals surface area contributed by atoms with Crippen molar-refractivity contribution >= 4 is 28.3 Å². The fourth-order valence-electron chi connectivity index (χ4n) is 3.30. The van der Waals surface area contributed by atoms with E-state index in [1.54, 1.807) is 44.3 Å². The van der Waals surface area contributed by atoms with Gasteiger partial charge in [0.1, 0.15) is 12.3 Å². The summed E-state index contributed by atoms with van der Waals surface area (Å²) in [7, 11) is 1.68. The molecule has 0 radical (unpaired) electrons. The normalized spacial score (nSPS) is 13.2. The van der Waals surface area contributed by atoms with Crippen LogP contribution >= 0.6 is 0 Å². The second-order valence-electron chi connectivity index (χ2n) is 6.59. The fourth-order valence-corrected chi connectivity index (χ4v) is 3.30. The molecular weight excluding hydrogens is 374 g/mol. The van der Waals surface area contributed by atoms with E-state index in [9.17, 15) is 14.4 Å². The molecule has 3 aromatic rings. The number of ether oxygens (including phenoxy) is 2. The Kier molecular flexibility index (Phi) is 4.75. The van der Waals surface area contributed by atoms with E-state index in [-0.39, 0.29) is 31.2 Å². The Morgan fingerprint density at radius 1 is 1.17 bits per heavy atom. The van der Waals surface area contributed by atoms with Crippen LogP contribution in [0.15, 0.2) is 47.3 Å². The SMILES string of the molecule is CCOC(=O)Cn1nc(-c2ccc3c(c2)N(C)C(=O)CO3)c2ccccc2c1=O. The number of anilines is 1. The highest BCUT2D eigenvalue weighted by Crippen LogP contribution is 2.36. The van der Waals surface area contributed by atoms with Gasteiger partial charge >= 0.3 is 5.97 Å². The number of amides is 1. The summed E-state index contributed by atoms with van der Waals surface area (Å²) < 4.78 is 11.5. The molecule has 0 saturated carbocycles. The van der Waals surface area contributed by atoms with Gasteiger partial charge < -0.3 is 14.4 Å². The lowest BCUT2D eigenvalue weighted by Gasteiger charge is -2.26. The third-order valence-corrected chi connectivity index (χ3v) is 4.77. The van der Waals surface area contributed by atoms with E-state index >= 15 is 0 Å². The van der Waals surface area contributed by atoms with E-state index in [2.05, 4.69) is 5.10 Å². The van der Waals surface area contributed by atoms with Crippen LogP contribution in [0.25, 0.3) is 22.0 Å². The van der Waals surface area contributed by atoms with Crippen molar-refractivity contribution in [1.29, 1.82) is 0 Å². The standard InChI is InChI=1S/C21H19N3O5/c1-3-28-19(26)11-24-21(27)15-7-5-4-6-14(15)20(22-24)13-8-9-17-16(10-13)23(2)18(25)12-29-17/h4-10H,3,11-12H2,1-2H3. The Bertz CT molecular complexity index is 1180. The number of fused-ring (bicyclic) bond motifs is 2. The van der Waals surface area contributed by atoms with Crippen molar-refractivity contribution in [1.82, 2.24) is 9.78 Å². The first-order valence-corrected chi connectivity index (χ1v) is 9.19. The molecule has 2 heterocycles. The molecule has 1 aliphatic heterocycles. The second-order valence-corrected chi connectivity index (χ2v) is 6.59. The summed E-state index contributed by atoms with van der Waals surface area (Å²) in [4.78, 5) is 38.2. The molecule has 0 atom stereocenters. The predicted octanol–water partition coefficient (Wildman–Crippen LogP) is 1.98. The van der Waals surface area contributed by atoms with E-state index in [1.807, 2.05) is 12.1 Å². The predicted molar refractivity (Wildman–Crippen MR) is 107 cm³/mol. The molecule has 148 valence electrons. The van der Waals surface area contributed by atoms with Crippen LogP contribution in [0, 0.1) is 0 Å². The van der Waals surface area contributed by atoms with Crippen LogP contribution in [0.3, 0.4) is 0 Å². The van der Waals surface area contributed by atoms with Gasteiger partial charge in [-0.3, -0.25) is 14.4 Å². The van der Waals surface area contributed by atoms with Crippen molar-refractivity contribution < 1.29 is 19.1 Å². The highest BCUT2D eigenvalue weighted by molar-refractivity contribution is 5.99. The molecule has 0 aliphatic carbocycles. The first-order chi connectivity index (χ1) is 14.0. The van der Waals surface area contributed by atoms with Crippen molar-refractivity contribution in [2.75, 3.05) is 25.2 Å². The Hall–Kier alpha value is -3.68. The fraction of sp³-hybridized carbons (Fsp3) is 0.238. The first-order valence-electron chi connectivity index (χ1n) is 9.19. The third-order valence-electron chi connectivity index (χ3n) is 4.77. The molecule has 0 saturated heterocycles. The van der Waals surface area contributed by atoms with Crippen LogP contribution in [0.5, 0.6) is 5.75 Å². The zero-order chi connectivity index (χ0) is 20.5. The summed E-state index contributed by atoms with van der Waals surface area (Å²) in [6.07, 6.45) is 0. The van der Waals surface area contributed by atoms with Crippen LogP contribution in [0.2, 0.25) is 0 Å². The van der Waals surface area contributed by atoms with Crippen LogP contribution in [0.1, 0.15) is 6.92 Å². The summed E-state index contributed by atoms with van der Waals surface area (Å²) in [5.74, 6) is -0.0905. The highest BCUT2D eigenvalue weighted by Gasteiger charge is 2.23. The monoisotopic (exact) mass is 393 g/mol. The summed E-state index contributed by atoms with van der Waals surface area (Å²) in [5, 5.41) is 5.55. The lowest BCUT2D eigenvalue weighted by Crippen LogP contribution is -2.35. The van der Waals surface area contributed by atoms with Gasteiger partial charge in [0.15, 0.2) is 6.61 Å². The van der Waals surface area contributed by atoms with Crippen molar-refractivity contribution in [3.8, 4) is 17.0 Å². The minimum Gasteiger partial charge on any atom is -0.482 e. The van der Waals surface area contributed by atoms with Gasteiger partial charge in [0.2, 0.25) is 0 Å². The number of nitrogens with zero attached hydrogens (tertiary/aromatic N) is 3. The summed E-state index contributed by atoms with van der Waals surface area (Å²) in [6, 6.07) is 12.5. The van der Waals surface area contributed by atoms with Gasteiger partial charge in [-0.1, -0.05) is 18.2 Å². The van der Waals surface area contributed by atoms with Crippen LogP contribution < -0.4 is 15.2 Å². The lowest BCUT2D eigenvalue weighted by atomic mass is 10.0. The van der Waals surface area contributed by atoms with Crippen molar-refractivity contribution in [2.45, 2.75) is 13.5 Å². The number of aromatic nitrogens is 2. The molecule has 2 aromatic carbocycles. The minimum atomic E-state index is -0.535. The van der Waals surface area contributed by atoms with Gasteiger partial charge in [0, 0.05) is 18.0 Å². The summed E-state index contributed by atoms with van der Waals surface area (Å²) in [5.41, 5.74) is 1.47. The van der Waals surface area contributed by atoms with Crippen molar-refractivity contribution in [3.63, 3.8) is 0 Å². The summed E-state index contributed by atoms with van der Waals surface area (Å²) in [6.45, 7) is 1.64. The van der Waals surface area contributed by atoms with E-state index in [1.165, 1.54) is 4.90 Å². The van der Waals surface area contributed by atoms with E-state index in [0.29, 0.717) is 33.5 Å². The molecule has 0 spiro atoms. The third kappa shape index (κ3) is 3.33. The molecule has 0 unspecified atom stereocenters. The lowest BCUT2D eigenvalue weighted by molar-refractivity contribution is -0.144. The molecule has 8 heteroatoms. The van der Waals surface area contributed by atoms with Gasteiger partial charge in [-0.25, -0.2) is 4.68 Å². The van der Waals surface area contributed by atoms with Gasteiger partial charge in [0.05, 0.1) is 23.4 Å². The smallest absolute Gasteiger partial charge is 0.327 e. The number of hydrogen-bond donors (Lipinski definition) is 0. The molecular formula is C21H19N3O5. The molecule has 1 aliphatic rings. The number of rotatable bonds is 4. The topological polar surface area (TPSA) is 90.7 Å². The molecule has 8 nitrogen and oxygen atoms in total. The largest absolute Gasteiger partial charge is 0.482 e. The minimum absolute atomic E-state index is 0.00551. The van der Waals surface area contributed by atoms with Crippen molar-refractivity contribution in [2.24, 2.45) is 0 Å². The van der Waals surface area contributed by atoms with E-state index < -0.39 is 5.97 Å². The number of hydrogen-bond acceptors (Lipinski definition) is 6. The Morgan fingerprint density at radius 2 is 1.93 bits per heavy atom. The average Bonchev–Trinajstić information content (AvgIpc) is 2.73. The molecule has 1 amide bonds. The molecule has 4 rings (SSSR count). The van der Waals surface area contributed by atoms with Crippen molar-refractivity contribution in [3.05, 3.63) is 52.8 Å². The zero-order valence-corrected chi connectivity index (χ0v) is 16.0. The number of carbonyl (C=O) groups excluding carboxylic acids is 2. The van der Waals surface area contributed by atoms with Gasteiger partial charge in [-0.05, 0) is 31.2 Å². The second kappa shape index (κ2) is 7.38. The maximum atomic E-state index is 12.8. The number of likely N-dealkylation sites (N-methyl/N-ethyl adjacent to an activating group) is 1. The van der Waals surface area contributed by atoms with E-state index in [4.69, 9.17) is 9.47 Å². The van der Waals surface area contributed by atoms with Crippen LogP contribution in [-0.4, -0.2) is 41.9 Å². The Labute approximate surface area is 166 Å². The number of benzene rings is 2. The molecule has 29 heavy (non-hydrogen) atoms. The van der Waals surface area contributed by atoms with Gasteiger partial charge in [0.25, 0.3) is 11.5 Å². The molecule has 0 fully saturated rings. The van der Waals surface area contributed by atoms with Gasteiger partial charge in [-0.15, -0.1) is 0 Å². The zero-order valence-electron chi connectivity index (χ0n) is 16.0. The quantitative estimate of drug-likeness (QED) is 0.630. The maximum Gasteiger partial charge on any atom is 0.327 e. The average molecular weight is 393 g/mol. The maximum absolute atomic E-state index is 12.8. The van der Waals surface area contributed by atoms with Crippen LogP contribution in [-0.2, 0) is 20.9 Å². The molecule has 1 aromatic heterocycles. The number of carbonyl (C=O) groups is 2. The van der Waals surface area contributed by atoms with E-state index in [0.717, 1.165) is 4.68 Å². The number of esters is 1. The molecule has 0 bridgehead atoms. The molecule has 0 N–H and O–H groups in total.